The van der Waals surface area contributed by atoms with E-state index in [1.807, 2.05) is 6.07 Å². The number of carbonyl (C=O) groups is 1. The predicted octanol–water partition coefficient (Wildman–Crippen LogP) is 3.48. The Bertz CT molecular complexity index is 624. The lowest BCUT2D eigenvalue weighted by atomic mass is 10.2. The van der Waals surface area contributed by atoms with Crippen LogP contribution in [0.15, 0.2) is 30.5 Å². The number of carbonyl (C=O) groups excluding carboxylic acids is 1. The second-order valence-electron chi connectivity index (χ2n) is 4.51. The number of nitrogens with zero attached hydrogens (tertiary/aromatic N) is 2. The van der Waals surface area contributed by atoms with Gasteiger partial charge in [0.25, 0.3) is 0 Å². The van der Waals surface area contributed by atoms with Crippen LogP contribution in [0.5, 0.6) is 5.75 Å². The zero-order chi connectivity index (χ0) is 13.2. The molecule has 98 valence electrons. The van der Waals surface area contributed by atoms with Crippen LogP contribution in [0.25, 0.3) is 10.9 Å². The minimum atomic E-state index is -0.313. The van der Waals surface area contributed by atoms with Crippen molar-refractivity contribution in [3.05, 3.63) is 35.5 Å². The van der Waals surface area contributed by atoms with E-state index in [1.165, 1.54) is 0 Å². The van der Waals surface area contributed by atoms with Gasteiger partial charge in [0.05, 0.1) is 5.02 Å². The van der Waals surface area contributed by atoms with Crippen molar-refractivity contribution in [3.8, 4) is 5.75 Å². The van der Waals surface area contributed by atoms with Gasteiger partial charge >= 0.3 is 6.09 Å². The lowest BCUT2D eigenvalue weighted by Gasteiger charge is -2.15. The number of amides is 1. The van der Waals surface area contributed by atoms with E-state index in [0.29, 0.717) is 16.3 Å². The quantitative estimate of drug-likeness (QED) is 0.801. The van der Waals surface area contributed by atoms with Gasteiger partial charge in [-0.25, -0.2) is 4.79 Å². The van der Waals surface area contributed by atoms with Crippen LogP contribution in [0, 0.1) is 0 Å². The average Bonchev–Trinajstić information content (AvgIpc) is 2.96. The number of hydrogen-bond donors (Lipinski definition) is 0. The number of likely N-dealkylation sites (tertiary alicyclic amines) is 1. The van der Waals surface area contributed by atoms with E-state index in [-0.39, 0.29) is 6.09 Å². The molecule has 0 spiro atoms. The topological polar surface area (TPSA) is 42.4 Å². The lowest BCUT2D eigenvalue weighted by Crippen LogP contribution is -2.30. The van der Waals surface area contributed by atoms with Crippen molar-refractivity contribution in [2.45, 2.75) is 12.8 Å². The Labute approximate surface area is 115 Å². The molecule has 1 aliphatic heterocycles. The van der Waals surface area contributed by atoms with Crippen LogP contribution in [-0.2, 0) is 0 Å². The molecule has 0 bridgehead atoms. The molecule has 0 unspecified atom stereocenters. The van der Waals surface area contributed by atoms with Gasteiger partial charge in [-0.3, -0.25) is 4.98 Å². The van der Waals surface area contributed by atoms with Crippen molar-refractivity contribution >= 4 is 28.6 Å². The van der Waals surface area contributed by atoms with Crippen LogP contribution in [0.2, 0.25) is 5.02 Å². The maximum absolute atomic E-state index is 12.0. The molecular weight excluding hydrogens is 264 g/mol. The zero-order valence-corrected chi connectivity index (χ0v) is 11.1. The van der Waals surface area contributed by atoms with Gasteiger partial charge in [-0.2, -0.15) is 0 Å². The van der Waals surface area contributed by atoms with Gasteiger partial charge in [0.15, 0.2) is 5.75 Å². The maximum Gasteiger partial charge on any atom is 0.415 e. The summed E-state index contributed by atoms with van der Waals surface area (Å²) in [5, 5.41) is 1.39. The standard InChI is InChI=1S/C14H13ClN2O2/c15-11-5-6-12(13-10(11)4-3-7-16-13)19-14(18)17-8-1-2-9-17/h3-7H,1-2,8-9H2. The molecule has 4 nitrogen and oxygen atoms in total. The fourth-order valence-electron chi connectivity index (χ4n) is 2.25. The molecule has 0 N–H and O–H groups in total. The van der Waals surface area contributed by atoms with Crippen molar-refractivity contribution in [2.75, 3.05) is 13.1 Å². The number of halogens is 1. The first kappa shape index (κ1) is 12.2. The Hall–Kier alpha value is -1.81. The number of rotatable bonds is 1. The normalized spacial score (nSPS) is 14.9. The lowest BCUT2D eigenvalue weighted by molar-refractivity contribution is 0.163. The molecule has 0 saturated carbocycles. The van der Waals surface area contributed by atoms with E-state index in [9.17, 15) is 4.79 Å². The molecule has 2 aromatic rings. The highest BCUT2D eigenvalue weighted by molar-refractivity contribution is 6.35. The molecule has 1 amide bonds. The van der Waals surface area contributed by atoms with E-state index < -0.39 is 0 Å². The SMILES string of the molecule is O=C(Oc1ccc(Cl)c2cccnc12)N1CCCC1. The Morgan fingerprint density at radius 2 is 2.05 bits per heavy atom. The van der Waals surface area contributed by atoms with Crippen molar-refractivity contribution in [2.24, 2.45) is 0 Å². The average molecular weight is 277 g/mol. The van der Waals surface area contributed by atoms with Gasteiger partial charge in [0.1, 0.15) is 5.52 Å². The molecule has 1 fully saturated rings. The van der Waals surface area contributed by atoms with Gasteiger partial charge in [0.2, 0.25) is 0 Å². The minimum Gasteiger partial charge on any atom is -0.408 e. The van der Waals surface area contributed by atoms with Crippen LogP contribution in [0.4, 0.5) is 4.79 Å². The van der Waals surface area contributed by atoms with E-state index in [4.69, 9.17) is 16.3 Å². The summed E-state index contributed by atoms with van der Waals surface area (Å²) in [4.78, 5) is 17.9. The summed E-state index contributed by atoms with van der Waals surface area (Å²) in [6.45, 7) is 1.52. The molecule has 1 aromatic heterocycles. The number of hydrogen-bond acceptors (Lipinski definition) is 3. The van der Waals surface area contributed by atoms with Crippen molar-refractivity contribution < 1.29 is 9.53 Å². The van der Waals surface area contributed by atoms with Crippen LogP contribution in [-0.4, -0.2) is 29.1 Å². The van der Waals surface area contributed by atoms with Crippen LogP contribution < -0.4 is 4.74 Å². The monoisotopic (exact) mass is 276 g/mol. The second-order valence-corrected chi connectivity index (χ2v) is 4.91. The number of aromatic nitrogens is 1. The highest BCUT2D eigenvalue weighted by atomic mass is 35.5. The molecule has 1 aliphatic rings. The number of benzene rings is 1. The maximum atomic E-state index is 12.0. The summed E-state index contributed by atoms with van der Waals surface area (Å²) in [6, 6.07) is 7.07. The number of pyridine rings is 1. The van der Waals surface area contributed by atoms with Gasteiger partial charge in [0, 0.05) is 24.7 Å². The van der Waals surface area contributed by atoms with Crippen molar-refractivity contribution in [1.82, 2.24) is 9.88 Å². The third-order valence-electron chi connectivity index (χ3n) is 3.24. The predicted molar refractivity (Wildman–Crippen MR) is 73.6 cm³/mol. The Morgan fingerprint density at radius 3 is 2.84 bits per heavy atom. The van der Waals surface area contributed by atoms with Crippen LogP contribution >= 0.6 is 11.6 Å². The van der Waals surface area contributed by atoms with E-state index in [0.717, 1.165) is 31.3 Å². The van der Waals surface area contributed by atoms with Gasteiger partial charge in [-0.05, 0) is 37.1 Å². The van der Waals surface area contributed by atoms with Gasteiger partial charge < -0.3 is 9.64 Å². The first-order chi connectivity index (χ1) is 9.25. The second kappa shape index (κ2) is 5.05. The summed E-state index contributed by atoms with van der Waals surface area (Å²) in [6.07, 6.45) is 3.42. The fraction of sp³-hybridized carbons (Fsp3) is 0.286. The Morgan fingerprint density at radius 1 is 1.26 bits per heavy atom. The Balaban J connectivity index is 1.92. The van der Waals surface area contributed by atoms with E-state index in [1.54, 1.807) is 29.3 Å². The third-order valence-corrected chi connectivity index (χ3v) is 3.57. The van der Waals surface area contributed by atoms with E-state index >= 15 is 0 Å². The summed E-state index contributed by atoms with van der Waals surface area (Å²) < 4.78 is 5.43. The summed E-state index contributed by atoms with van der Waals surface area (Å²) in [5.41, 5.74) is 0.613. The molecule has 5 heteroatoms. The number of fused-ring (bicyclic) bond motifs is 1. The molecule has 2 heterocycles. The van der Waals surface area contributed by atoms with Gasteiger partial charge in [-0.1, -0.05) is 11.6 Å². The summed E-state index contributed by atoms with van der Waals surface area (Å²) >= 11 is 6.10. The minimum absolute atomic E-state index is 0.313. The van der Waals surface area contributed by atoms with Gasteiger partial charge in [-0.15, -0.1) is 0 Å². The Kier molecular flexibility index (Phi) is 3.25. The van der Waals surface area contributed by atoms with Crippen molar-refractivity contribution in [1.29, 1.82) is 0 Å². The molecule has 3 rings (SSSR count). The molecule has 0 atom stereocenters. The van der Waals surface area contributed by atoms with E-state index in [2.05, 4.69) is 4.98 Å². The smallest absolute Gasteiger partial charge is 0.408 e. The highest BCUT2D eigenvalue weighted by Gasteiger charge is 2.20. The molecule has 0 aliphatic carbocycles. The highest BCUT2D eigenvalue weighted by Crippen LogP contribution is 2.30. The summed E-state index contributed by atoms with van der Waals surface area (Å²) in [5.74, 6) is 0.455. The first-order valence-corrected chi connectivity index (χ1v) is 6.63. The van der Waals surface area contributed by atoms with Crippen molar-refractivity contribution in [3.63, 3.8) is 0 Å². The summed E-state index contributed by atoms with van der Waals surface area (Å²) in [7, 11) is 0. The molecule has 1 saturated heterocycles. The molecule has 0 radical (unpaired) electrons. The molecule has 1 aromatic carbocycles. The fourth-order valence-corrected chi connectivity index (χ4v) is 2.47. The first-order valence-electron chi connectivity index (χ1n) is 6.26. The number of ether oxygens (including phenoxy) is 1. The van der Waals surface area contributed by atoms with Crippen LogP contribution in [0.1, 0.15) is 12.8 Å². The largest absolute Gasteiger partial charge is 0.415 e. The van der Waals surface area contributed by atoms with Crippen LogP contribution in [0.3, 0.4) is 0 Å². The zero-order valence-electron chi connectivity index (χ0n) is 10.3. The third kappa shape index (κ3) is 2.36. The molecular formula is C14H13ClN2O2. The molecule has 19 heavy (non-hydrogen) atoms.